The van der Waals surface area contributed by atoms with Gasteiger partial charge in [-0.2, -0.15) is 0 Å². The molecule has 3 rings (SSSR count). The topological polar surface area (TPSA) is 76.2 Å². The van der Waals surface area contributed by atoms with Gasteiger partial charge in [-0.1, -0.05) is 37.3 Å². The molecule has 2 heterocycles. The van der Waals surface area contributed by atoms with Gasteiger partial charge in [0.25, 0.3) is 0 Å². The average Bonchev–Trinajstić information content (AvgIpc) is 3.12. The van der Waals surface area contributed by atoms with Crippen LogP contribution in [0, 0.1) is 5.92 Å². The molecule has 1 aromatic carbocycles. The van der Waals surface area contributed by atoms with E-state index in [9.17, 15) is 14.4 Å². The van der Waals surface area contributed by atoms with Crippen molar-refractivity contribution >= 4 is 18.1 Å². The Labute approximate surface area is 159 Å². The van der Waals surface area contributed by atoms with Gasteiger partial charge in [0.05, 0.1) is 18.0 Å². The van der Waals surface area contributed by atoms with Gasteiger partial charge in [0.2, 0.25) is 5.91 Å². The first-order valence-electron chi connectivity index (χ1n) is 9.22. The molecule has 0 unspecified atom stereocenters. The zero-order chi connectivity index (χ0) is 19.8. The maximum absolute atomic E-state index is 12.6. The van der Waals surface area contributed by atoms with Crippen LogP contribution in [0.3, 0.4) is 0 Å². The van der Waals surface area contributed by atoms with Crippen LogP contribution in [0.25, 0.3) is 0 Å². The molecule has 3 amide bonds. The maximum Gasteiger partial charge on any atom is 0.417 e. The number of rotatable bonds is 2. The number of hydrogen-bond donors (Lipinski definition) is 0. The summed E-state index contributed by atoms with van der Waals surface area (Å²) in [5, 5.41) is 0. The van der Waals surface area contributed by atoms with Crippen LogP contribution in [0.15, 0.2) is 30.3 Å². The van der Waals surface area contributed by atoms with Crippen LogP contribution in [-0.4, -0.2) is 52.1 Å². The second kappa shape index (κ2) is 7.21. The molecule has 0 aliphatic carbocycles. The highest BCUT2D eigenvalue weighted by Crippen LogP contribution is 2.37. The molecular formula is C20H26N2O5. The Kier molecular flexibility index (Phi) is 5.13. The number of nitrogens with zero attached hydrogens (tertiary/aromatic N) is 2. The molecule has 2 fully saturated rings. The van der Waals surface area contributed by atoms with E-state index in [0.717, 1.165) is 5.56 Å². The lowest BCUT2D eigenvalue weighted by molar-refractivity contribution is -0.131. The number of imide groups is 1. The number of carbonyl (C=O) groups is 3. The second-order valence-corrected chi connectivity index (χ2v) is 8.06. The van der Waals surface area contributed by atoms with Crippen molar-refractivity contribution in [2.75, 3.05) is 6.54 Å². The first kappa shape index (κ1) is 19.2. The zero-order valence-corrected chi connectivity index (χ0v) is 16.2. The maximum atomic E-state index is 12.6. The van der Waals surface area contributed by atoms with Crippen molar-refractivity contribution in [2.45, 2.75) is 58.4 Å². The Morgan fingerprint density at radius 3 is 2.44 bits per heavy atom. The summed E-state index contributed by atoms with van der Waals surface area (Å²) < 4.78 is 10.8. The number of likely N-dealkylation sites (tertiary alicyclic amines) is 2. The summed E-state index contributed by atoms with van der Waals surface area (Å²) in [6.45, 7) is 7.63. The van der Waals surface area contributed by atoms with Crippen LogP contribution in [0.4, 0.5) is 9.59 Å². The minimum atomic E-state index is -0.689. The highest BCUT2D eigenvalue weighted by molar-refractivity contribution is 5.97. The van der Waals surface area contributed by atoms with Crippen LogP contribution in [-0.2, 0) is 20.9 Å². The van der Waals surface area contributed by atoms with Crippen molar-refractivity contribution in [2.24, 2.45) is 5.92 Å². The van der Waals surface area contributed by atoms with Gasteiger partial charge in [-0.25, -0.2) is 14.5 Å². The Balaban J connectivity index is 1.68. The number of amides is 3. The summed E-state index contributed by atoms with van der Waals surface area (Å²) in [5.41, 5.74) is 0.207. The lowest BCUT2D eigenvalue weighted by Crippen LogP contribution is -2.44. The Bertz CT molecular complexity index is 728. The highest BCUT2D eigenvalue weighted by Gasteiger charge is 2.56. The van der Waals surface area contributed by atoms with E-state index >= 15 is 0 Å². The Morgan fingerprint density at radius 2 is 1.81 bits per heavy atom. The molecule has 146 valence electrons. The number of hydrogen-bond acceptors (Lipinski definition) is 5. The fourth-order valence-electron chi connectivity index (χ4n) is 3.76. The van der Waals surface area contributed by atoms with Gasteiger partial charge in [0, 0.05) is 6.54 Å². The first-order chi connectivity index (χ1) is 12.7. The zero-order valence-electron chi connectivity index (χ0n) is 16.2. The van der Waals surface area contributed by atoms with E-state index in [4.69, 9.17) is 9.47 Å². The molecule has 0 bridgehead atoms. The minimum absolute atomic E-state index is 0.172. The predicted octanol–water partition coefficient (Wildman–Crippen LogP) is 3.18. The van der Waals surface area contributed by atoms with Gasteiger partial charge in [0.15, 0.2) is 0 Å². The largest absolute Gasteiger partial charge is 0.445 e. The lowest BCUT2D eigenvalue weighted by atomic mass is 10.0. The van der Waals surface area contributed by atoms with Gasteiger partial charge < -0.3 is 14.4 Å². The van der Waals surface area contributed by atoms with Gasteiger partial charge in [-0.3, -0.25) is 4.79 Å². The molecule has 0 N–H and O–H groups in total. The molecule has 7 heteroatoms. The third kappa shape index (κ3) is 3.91. The van der Waals surface area contributed by atoms with Crippen molar-refractivity contribution < 1.29 is 23.9 Å². The lowest BCUT2D eigenvalue weighted by Gasteiger charge is -2.27. The van der Waals surface area contributed by atoms with Crippen LogP contribution in [0.2, 0.25) is 0 Å². The highest BCUT2D eigenvalue weighted by atomic mass is 16.6. The molecule has 3 atom stereocenters. The summed E-state index contributed by atoms with van der Waals surface area (Å²) in [6, 6.07) is 8.67. The minimum Gasteiger partial charge on any atom is -0.445 e. The van der Waals surface area contributed by atoms with E-state index < -0.39 is 23.7 Å². The Hall–Kier alpha value is -2.57. The normalized spacial score (nSPS) is 24.7. The molecule has 0 aromatic heterocycles. The van der Waals surface area contributed by atoms with E-state index in [1.54, 1.807) is 32.6 Å². The predicted molar refractivity (Wildman–Crippen MR) is 97.8 cm³/mol. The number of ether oxygens (including phenoxy) is 2. The molecule has 0 saturated carbocycles. The summed E-state index contributed by atoms with van der Waals surface area (Å²) in [5.74, 6) is -0.783. The van der Waals surface area contributed by atoms with Crippen molar-refractivity contribution in [1.29, 1.82) is 0 Å². The van der Waals surface area contributed by atoms with Gasteiger partial charge >= 0.3 is 12.2 Å². The quantitative estimate of drug-likeness (QED) is 0.795. The smallest absolute Gasteiger partial charge is 0.417 e. The first-order valence-corrected chi connectivity index (χ1v) is 9.22. The number of carbonyl (C=O) groups excluding carboxylic acids is 3. The molecule has 2 aliphatic rings. The second-order valence-electron chi connectivity index (χ2n) is 8.06. The van der Waals surface area contributed by atoms with Crippen molar-refractivity contribution in [3.8, 4) is 0 Å². The fraction of sp³-hybridized carbons (Fsp3) is 0.550. The fourth-order valence-corrected chi connectivity index (χ4v) is 3.76. The van der Waals surface area contributed by atoms with Crippen LogP contribution in [0.5, 0.6) is 0 Å². The molecule has 2 aliphatic heterocycles. The monoisotopic (exact) mass is 374 g/mol. The summed E-state index contributed by atoms with van der Waals surface area (Å²) in [6.07, 6.45) is -0.580. The standard InChI is InChI=1S/C20H26N2O5/c1-13-16-15(22(17(13)23)19(25)27-20(2,3)4)10-11-21(16)18(24)26-12-14-8-6-5-7-9-14/h5-9,13,15-16H,10-12H2,1-4H3/t13-,15-,16-/m0/s1. The summed E-state index contributed by atoms with van der Waals surface area (Å²) in [4.78, 5) is 40.5. The van der Waals surface area contributed by atoms with Crippen molar-refractivity contribution in [3.05, 3.63) is 35.9 Å². The molecule has 1 aromatic rings. The molecule has 0 spiro atoms. The number of benzene rings is 1. The third-order valence-corrected chi connectivity index (χ3v) is 4.92. The number of fused-ring (bicyclic) bond motifs is 1. The van der Waals surface area contributed by atoms with E-state index in [2.05, 4.69) is 0 Å². The molecular weight excluding hydrogens is 348 g/mol. The SMILES string of the molecule is C[C@@H]1C(=O)N(C(=O)OC(C)(C)C)[C@H]2CCN(C(=O)OCc3ccccc3)[C@@H]12. The van der Waals surface area contributed by atoms with E-state index in [-0.39, 0.29) is 24.6 Å². The van der Waals surface area contributed by atoms with Crippen LogP contribution < -0.4 is 0 Å². The van der Waals surface area contributed by atoms with Gasteiger partial charge in [-0.05, 0) is 32.8 Å². The molecule has 7 nitrogen and oxygen atoms in total. The van der Waals surface area contributed by atoms with Crippen molar-refractivity contribution in [3.63, 3.8) is 0 Å². The van der Waals surface area contributed by atoms with E-state index in [1.807, 2.05) is 30.3 Å². The van der Waals surface area contributed by atoms with E-state index in [0.29, 0.717) is 13.0 Å². The molecule has 0 radical (unpaired) electrons. The Morgan fingerprint density at radius 1 is 1.15 bits per heavy atom. The van der Waals surface area contributed by atoms with E-state index in [1.165, 1.54) is 4.90 Å². The van der Waals surface area contributed by atoms with Crippen LogP contribution in [0.1, 0.15) is 39.7 Å². The molecule has 27 heavy (non-hydrogen) atoms. The summed E-state index contributed by atoms with van der Waals surface area (Å²) in [7, 11) is 0. The van der Waals surface area contributed by atoms with Gasteiger partial charge in [-0.15, -0.1) is 0 Å². The average molecular weight is 374 g/mol. The van der Waals surface area contributed by atoms with Gasteiger partial charge in [0.1, 0.15) is 12.2 Å². The molecule has 2 saturated heterocycles. The summed E-state index contributed by atoms with van der Waals surface area (Å²) >= 11 is 0. The van der Waals surface area contributed by atoms with Crippen molar-refractivity contribution in [1.82, 2.24) is 9.80 Å². The third-order valence-electron chi connectivity index (χ3n) is 4.92. The van der Waals surface area contributed by atoms with Crippen LogP contribution >= 0.6 is 0 Å².